The zero-order chi connectivity index (χ0) is 22.0. The van der Waals surface area contributed by atoms with Gasteiger partial charge in [0, 0.05) is 16.3 Å². The Kier molecular flexibility index (Phi) is 4.24. The molecular formula is C22H12F6O2. The Balaban J connectivity index is 2.39. The normalized spacial score (nSPS) is 12.8. The molecule has 0 radical (unpaired) electrons. The molecule has 0 atom stereocenters. The second-order valence-electron chi connectivity index (χ2n) is 6.90. The molecule has 4 aromatic carbocycles. The average Bonchev–Trinajstić information content (AvgIpc) is 2.64. The van der Waals surface area contributed by atoms with Gasteiger partial charge in [-0.25, -0.2) is 0 Å². The van der Waals surface area contributed by atoms with Crippen molar-refractivity contribution in [2.75, 3.05) is 0 Å². The summed E-state index contributed by atoms with van der Waals surface area (Å²) in [5.74, 6) is -2.39. The van der Waals surface area contributed by atoms with Gasteiger partial charge in [0.1, 0.15) is 11.3 Å². The van der Waals surface area contributed by atoms with Crippen LogP contribution in [0.2, 0.25) is 0 Å². The average molecular weight is 422 g/mol. The summed E-state index contributed by atoms with van der Waals surface area (Å²) in [6.07, 6.45) is -10.3. The summed E-state index contributed by atoms with van der Waals surface area (Å²) in [5, 5.41) is 10.4. The van der Waals surface area contributed by atoms with E-state index in [0.717, 1.165) is 13.0 Å². The lowest BCUT2D eigenvalue weighted by Crippen LogP contribution is -2.15. The molecule has 0 aromatic heterocycles. The predicted molar refractivity (Wildman–Crippen MR) is 101 cm³/mol. The smallest absolute Gasteiger partial charge is 0.420 e. The number of ketones is 1. The Morgan fingerprint density at radius 1 is 0.767 bits per heavy atom. The number of rotatable bonds is 1. The number of alkyl halides is 6. The van der Waals surface area contributed by atoms with Gasteiger partial charge < -0.3 is 5.11 Å². The first-order valence-electron chi connectivity index (χ1n) is 8.71. The standard InChI is InChI=1S/C22H12F6O2/c1-10(29)16-15(21(23,24)25)9-8-14-13-7-6-11-4-2-3-5-12(11)17(13)20(30)19(18(14)16)22(26,27)28/h2-9,30H,1H3. The molecule has 0 spiro atoms. The first-order valence-corrected chi connectivity index (χ1v) is 8.71. The number of benzene rings is 4. The van der Waals surface area contributed by atoms with E-state index in [9.17, 15) is 36.2 Å². The van der Waals surface area contributed by atoms with Gasteiger partial charge in [0.25, 0.3) is 0 Å². The summed E-state index contributed by atoms with van der Waals surface area (Å²) >= 11 is 0. The summed E-state index contributed by atoms with van der Waals surface area (Å²) in [6.45, 7) is 0.770. The van der Waals surface area contributed by atoms with E-state index in [-0.39, 0.29) is 16.2 Å². The highest BCUT2D eigenvalue weighted by atomic mass is 19.4. The molecule has 4 rings (SSSR count). The maximum atomic E-state index is 14.0. The number of hydrogen-bond acceptors (Lipinski definition) is 2. The molecule has 0 saturated heterocycles. The molecule has 0 saturated carbocycles. The van der Waals surface area contributed by atoms with Gasteiger partial charge in [0.2, 0.25) is 0 Å². The van der Waals surface area contributed by atoms with Gasteiger partial charge in [0.05, 0.1) is 5.56 Å². The highest BCUT2D eigenvalue weighted by Crippen LogP contribution is 2.50. The van der Waals surface area contributed by atoms with E-state index < -0.39 is 46.0 Å². The van der Waals surface area contributed by atoms with Crippen molar-refractivity contribution >= 4 is 38.1 Å². The van der Waals surface area contributed by atoms with E-state index in [1.807, 2.05) is 0 Å². The zero-order valence-corrected chi connectivity index (χ0v) is 15.2. The molecule has 1 N–H and O–H groups in total. The fourth-order valence-corrected chi connectivity index (χ4v) is 3.96. The van der Waals surface area contributed by atoms with E-state index >= 15 is 0 Å². The maximum Gasteiger partial charge on any atom is 0.420 e. The lowest BCUT2D eigenvalue weighted by Gasteiger charge is -2.21. The number of fused-ring (bicyclic) bond motifs is 5. The lowest BCUT2D eigenvalue weighted by atomic mass is 9.87. The van der Waals surface area contributed by atoms with Crippen LogP contribution in [0, 0.1) is 0 Å². The minimum atomic E-state index is -5.21. The van der Waals surface area contributed by atoms with Crippen LogP contribution in [0.3, 0.4) is 0 Å². The molecule has 0 aliphatic heterocycles. The van der Waals surface area contributed by atoms with Crippen molar-refractivity contribution in [3.63, 3.8) is 0 Å². The Bertz CT molecular complexity index is 1350. The Morgan fingerprint density at radius 2 is 1.37 bits per heavy atom. The van der Waals surface area contributed by atoms with Crippen molar-refractivity contribution in [3.8, 4) is 5.75 Å². The van der Waals surface area contributed by atoms with Crippen molar-refractivity contribution in [2.45, 2.75) is 19.3 Å². The topological polar surface area (TPSA) is 37.3 Å². The number of hydrogen-bond donors (Lipinski definition) is 1. The summed E-state index contributed by atoms with van der Waals surface area (Å²) in [4.78, 5) is 12.1. The Hall–Kier alpha value is -3.29. The van der Waals surface area contributed by atoms with Gasteiger partial charge in [-0.2, -0.15) is 26.3 Å². The van der Waals surface area contributed by atoms with E-state index in [4.69, 9.17) is 0 Å². The molecule has 8 heteroatoms. The fraction of sp³-hybridized carbons (Fsp3) is 0.136. The number of carbonyl (C=O) groups excluding carboxylic acids is 1. The van der Waals surface area contributed by atoms with Crippen LogP contribution in [-0.4, -0.2) is 10.9 Å². The molecular weight excluding hydrogens is 410 g/mol. The Morgan fingerprint density at radius 3 is 1.97 bits per heavy atom. The van der Waals surface area contributed by atoms with Crippen LogP contribution < -0.4 is 0 Å². The molecule has 4 aromatic rings. The molecule has 2 nitrogen and oxygen atoms in total. The SMILES string of the molecule is CC(=O)c1c(C(F)(F)F)ccc2c1c(C(F)(F)F)c(O)c1c3ccccc3ccc21. The van der Waals surface area contributed by atoms with E-state index in [2.05, 4.69) is 0 Å². The second kappa shape index (κ2) is 6.35. The third-order valence-corrected chi connectivity index (χ3v) is 5.09. The summed E-state index contributed by atoms with van der Waals surface area (Å²) in [7, 11) is 0. The van der Waals surface area contributed by atoms with Crippen LogP contribution in [-0.2, 0) is 12.4 Å². The summed E-state index contributed by atoms with van der Waals surface area (Å²) in [6, 6.07) is 10.9. The molecule has 0 fully saturated rings. The third-order valence-electron chi connectivity index (χ3n) is 5.09. The van der Waals surface area contributed by atoms with Crippen LogP contribution in [0.1, 0.15) is 28.4 Å². The van der Waals surface area contributed by atoms with Crippen molar-refractivity contribution in [1.82, 2.24) is 0 Å². The van der Waals surface area contributed by atoms with Crippen LogP contribution >= 0.6 is 0 Å². The van der Waals surface area contributed by atoms with Crippen LogP contribution in [0.5, 0.6) is 5.75 Å². The van der Waals surface area contributed by atoms with Gasteiger partial charge in [-0.05, 0) is 34.5 Å². The number of carbonyl (C=O) groups is 1. The summed E-state index contributed by atoms with van der Waals surface area (Å²) in [5.41, 5.74) is -4.25. The molecule has 0 amide bonds. The van der Waals surface area contributed by atoms with Crippen LogP contribution in [0.25, 0.3) is 32.3 Å². The van der Waals surface area contributed by atoms with Crippen molar-refractivity contribution in [2.24, 2.45) is 0 Å². The predicted octanol–water partition coefficient (Wildman–Crippen LogP) is 7.09. The lowest BCUT2D eigenvalue weighted by molar-refractivity contribution is -0.139. The molecule has 0 bridgehead atoms. The van der Waals surface area contributed by atoms with Gasteiger partial charge in [-0.15, -0.1) is 0 Å². The molecule has 0 aliphatic rings. The van der Waals surface area contributed by atoms with Crippen molar-refractivity contribution in [3.05, 3.63) is 65.2 Å². The second-order valence-corrected chi connectivity index (χ2v) is 6.90. The molecule has 30 heavy (non-hydrogen) atoms. The zero-order valence-electron chi connectivity index (χ0n) is 15.2. The van der Waals surface area contributed by atoms with E-state index in [0.29, 0.717) is 16.8 Å². The third kappa shape index (κ3) is 2.86. The van der Waals surface area contributed by atoms with Gasteiger partial charge in [-0.3, -0.25) is 4.79 Å². The van der Waals surface area contributed by atoms with Crippen molar-refractivity contribution < 1.29 is 36.2 Å². The molecule has 0 aliphatic carbocycles. The first-order chi connectivity index (χ1) is 13.9. The molecule has 154 valence electrons. The number of phenolic OH excluding ortho intramolecular Hbond substituents is 1. The molecule has 0 heterocycles. The quantitative estimate of drug-likeness (QED) is 0.202. The number of halogens is 6. The first kappa shape index (κ1) is 20.0. The van der Waals surface area contributed by atoms with Gasteiger partial charge >= 0.3 is 12.4 Å². The van der Waals surface area contributed by atoms with Crippen LogP contribution in [0.4, 0.5) is 26.3 Å². The minimum Gasteiger partial charge on any atom is -0.507 e. The highest BCUT2D eigenvalue weighted by molar-refractivity contribution is 6.24. The minimum absolute atomic E-state index is 0.116. The summed E-state index contributed by atoms with van der Waals surface area (Å²) < 4.78 is 82.6. The maximum absolute atomic E-state index is 14.0. The molecule has 0 unspecified atom stereocenters. The largest absolute Gasteiger partial charge is 0.507 e. The van der Waals surface area contributed by atoms with E-state index in [1.165, 1.54) is 12.1 Å². The van der Waals surface area contributed by atoms with Crippen LogP contribution in [0.15, 0.2) is 48.5 Å². The van der Waals surface area contributed by atoms with Gasteiger partial charge in [0.15, 0.2) is 5.78 Å². The Labute approximate surface area is 165 Å². The van der Waals surface area contributed by atoms with E-state index in [1.54, 1.807) is 24.3 Å². The number of Topliss-reactive ketones (excluding diaryl/α,β-unsaturated/α-hetero) is 1. The number of phenols is 1. The van der Waals surface area contributed by atoms with Crippen molar-refractivity contribution in [1.29, 1.82) is 0 Å². The monoisotopic (exact) mass is 422 g/mol. The number of aromatic hydroxyl groups is 1. The highest BCUT2D eigenvalue weighted by Gasteiger charge is 2.42. The van der Waals surface area contributed by atoms with Gasteiger partial charge in [-0.1, -0.05) is 42.5 Å². The fourth-order valence-electron chi connectivity index (χ4n) is 3.96.